The molecule has 0 radical (unpaired) electrons. The van der Waals surface area contributed by atoms with E-state index >= 15 is 0 Å². The molecule has 2 saturated heterocycles. The standard InChI is InChI=1S/C14H18BrNO3/c1-17-12-3-2-10(15)6-11(12)14(8-18-9-14)13-7-16-4-5-19-13/h2-3,6,13,16H,4-5,7-9H2,1H3. The fraction of sp³-hybridized carbons (Fsp3) is 0.571. The Bertz CT molecular complexity index is 456. The summed E-state index contributed by atoms with van der Waals surface area (Å²) < 4.78 is 18.0. The maximum absolute atomic E-state index is 5.97. The number of methoxy groups -OCH3 is 1. The van der Waals surface area contributed by atoms with Gasteiger partial charge in [-0.05, 0) is 18.2 Å². The van der Waals surface area contributed by atoms with Crippen LogP contribution < -0.4 is 10.1 Å². The molecule has 19 heavy (non-hydrogen) atoms. The van der Waals surface area contributed by atoms with E-state index in [1.54, 1.807) is 7.11 Å². The minimum absolute atomic E-state index is 0.0947. The van der Waals surface area contributed by atoms with E-state index in [9.17, 15) is 0 Å². The van der Waals surface area contributed by atoms with Gasteiger partial charge < -0.3 is 19.5 Å². The third-order valence-corrected chi connectivity index (χ3v) is 4.45. The first kappa shape index (κ1) is 13.4. The molecule has 0 amide bonds. The van der Waals surface area contributed by atoms with Gasteiger partial charge in [0.1, 0.15) is 5.75 Å². The fourth-order valence-electron chi connectivity index (χ4n) is 2.83. The maximum Gasteiger partial charge on any atom is 0.122 e. The number of halogens is 1. The van der Waals surface area contributed by atoms with Crippen molar-refractivity contribution in [3.8, 4) is 5.75 Å². The lowest BCUT2D eigenvalue weighted by atomic mass is 9.73. The molecule has 1 aromatic carbocycles. The Hall–Kier alpha value is -0.620. The van der Waals surface area contributed by atoms with Crippen LogP contribution in [0.2, 0.25) is 0 Å². The van der Waals surface area contributed by atoms with Crippen LogP contribution >= 0.6 is 15.9 Å². The summed E-state index contributed by atoms with van der Waals surface area (Å²) in [5, 5.41) is 3.40. The normalized spacial score (nSPS) is 25.7. The quantitative estimate of drug-likeness (QED) is 0.917. The molecule has 104 valence electrons. The van der Waals surface area contributed by atoms with E-state index in [-0.39, 0.29) is 11.5 Å². The highest BCUT2D eigenvalue weighted by atomic mass is 79.9. The molecular formula is C14H18BrNO3. The van der Waals surface area contributed by atoms with Crippen molar-refractivity contribution < 1.29 is 14.2 Å². The van der Waals surface area contributed by atoms with Crippen molar-refractivity contribution >= 4 is 15.9 Å². The molecule has 2 aliphatic heterocycles. The average Bonchev–Trinajstić information content (AvgIpc) is 2.39. The summed E-state index contributed by atoms with van der Waals surface area (Å²) in [7, 11) is 1.71. The summed E-state index contributed by atoms with van der Waals surface area (Å²) in [5.41, 5.74) is 1.08. The summed E-state index contributed by atoms with van der Waals surface area (Å²) in [4.78, 5) is 0. The second-order valence-electron chi connectivity index (χ2n) is 5.06. The first-order valence-corrected chi connectivity index (χ1v) is 7.30. The molecule has 0 bridgehead atoms. The van der Waals surface area contributed by atoms with Gasteiger partial charge in [0.25, 0.3) is 0 Å². The van der Waals surface area contributed by atoms with Gasteiger partial charge in [-0.1, -0.05) is 15.9 Å². The van der Waals surface area contributed by atoms with Gasteiger partial charge in [-0.2, -0.15) is 0 Å². The number of hydrogen-bond acceptors (Lipinski definition) is 4. The molecule has 1 aromatic rings. The Kier molecular flexibility index (Phi) is 3.80. The summed E-state index contributed by atoms with van der Waals surface area (Å²) in [6, 6.07) is 6.12. The zero-order valence-corrected chi connectivity index (χ0v) is 12.5. The van der Waals surface area contributed by atoms with Crippen molar-refractivity contribution in [1.82, 2.24) is 5.32 Å². The highest BCUT2D eigenvalue weighted by Crippen LogP contribution is 2.43. The van der Waals surface area contributed by atoms with E-state index in [1.165, 1.54) is 5.56 Å². The maximum atomic E-state index is 5.97. The van der Waals surface area contributed by atoms with E-state index in [1.807, 2.05) is 12.1 Å². The predicted octanol–water partition coefficient (Wildman–Crippen LogP) is 1.71. The molecule has 2 heterocycles. The molecule has 1 N–H and O–H groups in total. The smallest absolute Gasteiger partial charge is 0.122 e. The van der Waals surface area contributed by atoms with E-state index in [4.69, 9.17) is 14.2 Å². The third kappa shape index (κ3) is 2.29. The van der Waals surface area contributed by atoms with Crippen molar-refractivity contribution in [3.05, 3.63) is 28.2 Å². The average molecular weight is 328 g/mol. The van der Waals surface area contributed by atoms with Crippen LogP contribution in [0.5, 0.6) is 5.75 Å². The number of morpholine rings is 1. The van der Waals surface area contributed by atoms with Gasteiger partial charge in [-0.25, -0.2) is 0 Å². The third-order valence-electron chi connectivity index (χ3n) is 3.96. The summed E-state index contributed by atoms with van der Waals surface area (Å²) in [6.07, 6.45) is 0.137. The van der Waals surface area contributed by atoms with Crippen LogP contribution in [0.15, 0.2) is 22.7 Å². The van der Waals surface area contributed by atoms with Crippen molar-refractivity contribution in [2.75, 3.05) is 40.0 Å². The van der Waals surface area contributed by atoms with Crippen molar-refractivity contribution in [2.45, 2.75) is 11.5 Å². The summed E-state index contributed by atoms with van der Waals surface area (Å²) >= 11 is 3.54. The Morgan fingerprint density at radius 1 is 1.42 bits per heavy atom. The molecule has 0 spiro atoms. The van der Waals surface area contributed by atoms with E-state index in [2.05, 4.69) is 27.3 Å². The number of benzene rings is 1. The Labute approximate surface area is 121 Å². The molecule has 2 fully saturated rings. The first-order chi connectivity index (χ1) is 9.26. The van der Waals surface area contributed by atoms with Crippen molar-refractivity contribution in [1.29, 1.82) is 0 Å². The minimum Gasteiger partial charge on any atom is -0.496 e. The SMILES string of the molecule is COc1ccc(Br)cc1C1(C2CNCCO2)COC1. The van der Waals surface area contributed by atoms with Crippen LogP contribution in [0, 0.1) is 0 Å². The lowest BCUT2D eigenvalue weighted by Gasteiger charge is -2.48. The van der Waals surface area contributed by atoms with Gasteiger partial charge in [0.15, 0.2) is 0 Å². The van der Waals surface area contributed by atoms with Crippen molar-refractivity contribution in [2.24, 2.45) is 0 Å². The second kappa shape index (κ2) is 5.40. The van der Waals surface area contributed by atoms with Gasteiger partial charge in [-0.3, -0.25) is 0 Å². The van der Waals surface area contributed by atoms with Crippen LogP contribution in [0.1, 0.15) is 5.56 Å². The molecule has 0 saturated carbocycles. The Balaban J connectivity index is 1.99. The molecule has 0 aromatic heterocycles. The summed E-state index contributed by atoms with van der Waals surface area (Å²) in [5.74, 6) is 0.903. The van der Waals surface area contributed by atoms with Crippen LogP contribution in [0.3, 0.4) is 0 Å². The second-order valence-corrected chi connectivity index (χ2v) is 5.97. The zero-order chi connectivity index (χ0) is 13.3. The Morgan fingerprint density at radius 2 is 2.26 bits per heavy atom. The van der Waals surface area contributed by atoms with Gasteiger partial charge in [-0.15, -0.1) is 0 Å². The zero-order valence-electron chi connectivity index (χ0n) is 10.9. The molecular weight excluding hydrogens is 310 g/mol. The molecule has 1 unspecified atom stereocenters. The van der Waals surface area contributed by atoms with Crippen LogP contribution in [0.25, 0.3) is 0 Å². The minimum atomic E-state index is -0.0947. The molecule has 0 aliphatic carbocycles. The van der Waals surface area contributed by atoms with Crippen LogP contribution in [0.4, 0.5) is 0 Å². The number of ether oxygens (including phenoxy) is 3. The van der Waals surface area contributed by atoms with Gasteiger partial charge in [0.2, 0.25) is 0 Å². The largest absolute Gasteiger partial charge is 0.496 e. The Morgan fingerprint density at radius 3 is 2.84 bits per heavy atom. The fourth-order valence-corrected chi connectivity index (χ4v) is 3.19. The molecule has 4 nitrogen and oxygen atoms in total. The highest BCUT2D eigenvalue weighted by Gasteiger charge is 2.50. The predicted molar refractivity (Wildman–Crippen MR) is 75.8 cm³/mol. The highest BCUT2D eigenvalue weighted by molar-refractivity contribution is 9.10. The first-order valence-electron chi connectivity index (χ1n) is 6.50. The van der Waals surface area contributed by atoms with E-state index < -0.39 is 0 Å². The lowest BCUT2D eigenvalue weighted by molar-refractivity contribution is -0.146. The molecule has 5 heteroatoms. The van der Waals surface area contributed by atoms with Crippen LogP contribution in [-0.4, -0.2) is 46.1 Å². The van der Waals surface area contributed by atoms with Gasteiger partial charge in [0.05, 0.1) is 38.4 Å². The van der Waals surface area contributed by atoms with Gasteiger partial charge >= 0.3 is 0 Å². The topological polar surface area (TPSA) is 39.7 Å². The van der Waals surface area contributed by atoms with E-state index in [0.29, 0.717) is 13.2 Å². The number of rotatable bonds is 3. The monoisotopic (exact) mass is 327 g/mol. The number of nitrogens with one attached hydrogen (secondary N) is 1. The summed E-state index contributed by atoms with van der Waals surface area (Å²) in [6.45, 7) is 3.91. The van der Waals surface area contributed by atoms with E-state index in [0.717, 1.165) is 29.9 Å². The lowest BCUT2D eigenvalue weighted by Crippen LogP contribution is -2.61. The van der Waals surface area contributed by atoms with Crippen molar-refractivity contribution in [3.63, 3.8) is 0 Å². The number of hydrogen-bond donors (Lipinski definition) is 1. The van der Waals surface area contributed by atoms with Gasteiger partial charge in [0, 0.05) is 23.1 Å². The molecule has 1 atom stereocenters. The molecule has 3 rings (SSSR count). The molecule has 2 aliphatic rings. The van der Waals surface area contributed by atoms with Crippen LogP contribution in [-0.2, 0) is 14.9 Å².